The molecule has 324 valence electrons. The van der Waals surface area contributed by atoms with Gasteiger partial charge >= 0.3 is 0 Å². The molecule has 3 heteroatoms. The van der Waals surface area contributed by atoms with Crippen LogP contribution in [0.2, 0.25) is 0 Å². The summed E-state index contributed by atoms with van der Waals surface area (Å²) in [6.45, 7) is 0. The molecule has 69 heavy (non-hydrogen) atoms. The summed E-state index contributed by atoms with van der Waals surface area (Å²) in [4.78, 5) is 2.38. The Morgan fingerprint density at radius 3 is 1.42 bits per heavy atom. The van der Waals surface area contributed by atoms with Gasteiger partial charge in [0.1, 0.15) is 11.2 Å². The van der Waals surface area contributed by atoms with Crippen molar-refractivity contribution >= 4 is 60.8 Å². The zero-order valence-electron chi connectivity index (χ0n) is 37.7. The predicted octanol–water partition coefficient (Wildman–Crippen LogP) is 18.5. The Bertz CT molecular complexity index is 3940. The van der Waals surface area contributed by atoms with Crippen LogP contribution in [0.4, 0.5) is 17.1 Å². The van der Waals surface area contributed by atoms with E-state index in [0.717, 1.165) is 77.9 Å². The molecule has 0 saturated heterocycles. The molecule has 0 aliphatic heterocycles. The number of hydrogen-bond acceptors (Lipinski definition) is 2. The molecule has 0 fully saturated rings. The van der Waals surface area contributed by atoms with Crippen molar-refractivity contribution in [3.63, 3.8) is 0 Å². The van der Waals surface area contributed by atoms with Gasteiger partial charge < -0.3 is 13.9 Å². The molecule has 2 heterocycles. The van der Waals surface area contributed by atoms with Gasteiger partial charge in [-0.2, -0.15) is 0 Å². The van der Waals surface area contributed by atoms with Crippen LogP contribution in [0.1, 0.15) is 0 Å². The number of aromatic nitrogens is 1. The maximum Gasteiger partial charge on any atom is 0.143 e. The second-order valence-electron chi connectivity index (χ2n) is 17.6. The van der Waals surface area contributed by atoms with Crippen LogP contribution in [0.15, 0.2) is 271 Å². The third-order valence-electron chi connectivity index (χ3n) is 13.7. The van der Waals surface area contributed by atoms with E-state index in [2.05, 4.69) is 264 Å². The lowest BCUT2D eigenvalue weighted by Crippen LogP contribution is -2.11. The maximum atomic E-state index is 6.52. The molecule has 0 N–H and O–H groups in total. The summed E-state index contributed by atoms with van der Waals surface area (Å²) in [6.07, 6.45) is 0. The summed E-state index contributed by atoms with van der Waals surface area (Å²) in [7, 11) is 0. The average molecular weight is 881 g/mol. The number of hydrogen-bond donors (Lipinski definition) is 0. The van der Waals surface area contributed by atoms with Crippen molar-refractivity contribution < 1.29 is 4.42 Å². The first-order valence-corrected chi connectivity index (χ1v) is 23.6. The molecule has 0 radical (unpaired) electrons. The molecule has 13 rings (SSSR count). The van der Waals surface area contributed by atoms with E-state index in [-0.39, 0.29) is 0 Å². The highest BCUT2D eigenvalue weighted by Gasteiger charge is 2.20. The van der Waals surface area contributed by atoms with Crippen LogP contribution < -0.4 is 4.90 Å². The van der Waals surface area contributed by atoms with E-state index in [1.807, 2.05) is 12.1 Å². The fourth-order valence-electron chi connectivity index (χ4n) is 10.4. The van der Waals surface area contributed by atoms with Gasteiger partial charge in [-0.15, -0.1) is 0 Å². The number of benzene rings is 11. The third kappa shape index (κ3) is 6.99. The number of rotatable bonds is 9. The van der Waals surface area contributed by atoms with Crippen molar-refractivity contribution in [1.29, 1.82) is 0 Å². The monoisotopic (exact) mass is 880 g/mol. The highest BCUT2D eigenvalue weighted by molar-refractivity contribution is 6.11. The second-order valence-corrected chi connectivity index (χ2v) is 17.6. The van der Waals surface area contributed by atoms with Gasteiger partial charge in [-0.05, 0) is 93.5 Å². The van der Waals surface area contributed by atoms with E-state index in [9.17, 15) is 0 Å². The maximum absolute atomic E-state index is 6.52. The molecule has 0 aliphatic carbocycles. The summed E-state index contributed by atoms with van der Waals surface area (Å²) < 4.78 is 8.93. The van der Waals surface area contributed by atoms with Gasteiger partial charge in [-0.25, -0.2) is 0 Å². The van der Waals surface area contributed by atoms with Crippen LogP contribution in [0, 0.1) is 0 Å². The summed E-state index contributed by atoms with van der Waals surface area (Å²) in [5.41, 5.74) is 20.2. The van der Waals surface area contributed by atoms with Crippen LogP contribution in [0.3, 0.4) is 0 Å². The minimum absolute atomic E-state index is 0.900. The quantitative estimate of drug-likeness (QED) is 0.144. The van der Waals surface area contributed by atoms with Crippen molar-refractivity contribution in [2.75, 3.05) is 4.90 Å². The Hall–Kier alpha value is -9.18. The van der Waals surface area contributed by atoms with Crippen molar-refractivity contribution in [3.05, 3.63) is 267 Å². The van der Waals surface area contributed by atoms with Crippen LogP contribution in [-0.4, -0.2) is 4.57 Å². The van der Waals surface area contributed by atoms with Crippen molar-refractivity contribution in [2.45, 2.75) is 0 Å². The van der Waals surface area contributed by atoms with Crippen LogP contribution in [-0.2, 0) is 0 Å². The highest BCUT2D eigenvalue weighted by Crippen LogP contribution is 2.44. The number of para-hydroxylation sites is 6. The zero-order chi connectivity index (χ0) is 45.7. The van der Waals surface area contributed by atoms with E-state index < -0.39 is 0 Å². The first-order valence-electron chi connectivity index (χ1n) is 23.6. The number of furan rings is 1. The van der Waals surface area contributed by atoms with Gasteiger partial charge in [-0.1, -0.05) is 212 Å². The summed E-state index contributed by atoms with van der Waals surface area (Å²) in [6, 6.07) is 95.9. The normalized spacial score (nSPS) is 11.5. The number of nitrogens with zero attached hydrogens (tertiary/aromatic N) is 2. The standard InChI is InChI=1S/C66H44N2O/c1-2-17-47(18-3-1)53-20-6-11-28-61(53)67(51-43-39-48(40-44-51)52-19-4-5-22-55(52)59-26-16-27-60-58-25-10-15-32-65(58)69-66(59)60)50-41-37-46(38-42-50)45-33-35-49(36-34-45)54-21-7-12-29-62(54)68-63-30-13-8-23-56(63)57-24-9-14-31-64(57)68/h1-44H. The highest BCUT2D eigenvalue weighted by atomic mass is 16.3. The average Bonchev–Trinajstić information content (AvgIpc) is 3.98. The Morgan fingerprint density at radius 2 is 0.725 bits per heavy atom. The number of anilines is 3. The summed E-state index contributed by atoms with van der Waals surface area (Å²) in [5.74, 6) is 0. The smallest absolute Gasteiger partial charge is 0.143 e. The van der Waals surface area contributed by atoms with Gasteiger partial charge in [-0.3, -0.25) is 0 Å². The van der Waals surface area contributed by atoms with Gasteiger partial charge in [0.05, 0.1) is 22.4 Å². The molecule has 0 saturated carbocycles. The lowest BCUT2D eigenvalue weighted by atomic mass is 9.93. The van der Waals surface area contributed by atoms with Gasteiger partial charge in [0.25, 0.3) is 0 Å². The number of fused-ring (bicyclic) bond motifs is 6. The molecular formula is C66H44N2O. The molecule has 0 atom stereocenters. The molecule has 2 aromatic heterocycles. The molecule has 0 amide bonds. The molecule has 0 aliphatic rings. The van der Waals surface area contributed by atoms with E-state index >= 15 is 0 Å². The topological polar surface area (TPSA) is 21.3 Å². The molecule has 0 bridgehead atoms. The molecule has 0 spiro atoms. The fraction of sp³-hybridized carbons (Fsp3) is 0. The lowest BCUT2D eigenvalue weighted by Gasteiger charge is -2.28. The predicted molar refractivity (Wildman–Crippen MR) is 290 cm³/mol. The van der Waals surface area contributed by atoms with E-state index in [1.165, 1.54) is 44.2 Å². The molecule has 0 unspecified atom stereocenters. The first-order chi connectivity index (χ1) is 34.2. The summed E-state index contributed by atoms with van der Waals surface area (Å²) >= 11 is 0. The Morgan fingerprint density at radius 1 is 0.275 bits per heavy atom. The molecule has 11 aromatic carbocycles. The largest absolute Gasteiger partial charge is 0.455 e. The van der Waals surface area contributed by atoms with E-state index in [0.29, 0.717) is 0 Å². The van der Waals surface area contributed by atoms with Crippen LogP contribution in [0.25, 0.3) is 105 Å². The van der Waals surface area contributed by atoms with Crippen LogP contribution >= 0.6 is 0 Å². The Balaban J connectivity index is 0.859. The van der Waals surface area contributed by atoms with Gasteiger partial charge in [0.2, 0.25) is 0 Å². The second kappa shape index (κ2) is 16.9. The van der Waals surface area contributed by atoms with Gasteiger partial charge in [0.15, 0.2) is 0 Å². The minimum Gasteiger partial charge on any atom is -0.455 e. The third-order valence-corrected chi connectivity index (χ3v) is 13.7. The molecule has 3 nitrogen and oxygen atoms in total. The summed E-state index contributed by atoms with van der Waals surface area (Å²) in [5, 5.41) is 4.78. The van der Waals surface area contributed by atoms with Crippen molar-refractivity contribution in [2.24, 2.45) is 0 Å². The SMILES string of the molecule is c1ccc(-c2ccccc2N(c2ccc(-c3ccc(-c4ccccc4-n4c5ccccc5c5ccccc54)cc3)cc2)c2ccc(-c3ccccc3-c3cccc4c3oc3ccccc34)cc2)cc1. The molecule has 13 aromatic rings. The van der Waals surface area contributed by atoms with Crippen molar-refractivity contribution in [1.82, 2.24) is 4.57 Å². The van der Waals surface area contributed by atoms with Crippen LogP contribution in [0.5, 0.6) is 0 Å². The zero-order valence-corrected chi connectivity index (χ0v) is 37.7. The molecular weight excluding hydrogens is 837 g/mol. The lowest BCUT2D eigenvalue weighted by molar-refractivity contribution is 0.670. The fourth-order valence-corrected chi connectivity index (χ4v) is 10.4. The van der Waals surface area contributed by atoms with E-state index in [1.54, 1.807) is 0 Å². The van der Waals surface area contributed by atoms with E-state index in [4.69, 9.17) is 4.42 Å². The van der Waals surface area contributed by atoms with Gasteiger partial charge in [0, 0.05) is 49.6 Å². The Kier molecular flexibility index (Phi) is 9.84. The minimum atomic E-state index is 0.900. The van der Waals surface area contributed by atoms with Crippen molar-refractivity contribution in [3.8, 4) is 61.3 Å². The Labute approximate surface area is 401 Å². The first kappa shape index (κ1) is 40.1.